The van der Waals surface area contributed by atoms with Gasteiger partial charge < -0.3 is 4.98 Å². The molecule has 2 nitrogen and oxygen atoms in total. The van der Waals surface area contributed by atoms with Gasteiger partial charge in [0.25, 0.3) is 0 Å². The van der Waals surface area contributed by atoms with Crippen molar-refractivity contribution in [3.63, 3.8) is 0 Å². The van der Waals surface area contributed by atoms with Crippen molar-refractivity contribution in [2.75, 3.05) is 0 Å². The van der Waals surface area contributed by atoms with Gasteiger partial charge in [0.05, 0.1) is 5.56 Å². The molecule has 0 saturated carbocycles. The van der Waals surface area contributed by atoms with E-state index in [2.05, 4.69) is 35.3 Å². The second kappa shape index (κ2) is 4.83. The molecule has 0 unspecified atom stereocenters. The van der Waals surface area contributed by atoms with Gasteiger partial charge in [0.1, 0.15) is 6.07 Å². The monoisotopic (exact) mass is 244 g/mol. The molecule has 1 N–H and O–H groups in total. The fourth-order valence-corrected chi connectivity index (χ4v) is 2.17. The molecule has 3 rings (SSSR count). The SMILES string of the molecule is N#Cc1c[nH]cc1-c1ccc(-c2ccccc2)cc1. The van der Waals surface area contributed by atoms with Gasteiger partial charge in [0, 0.05) is 18.0 Å². The third-order valence-corrected chi connectivity index (χ3v) is 3.17. The van der Waals surface area contributed by atoms with E-state index in [1.165, 1.54) is 11.1 Å². The molecular formula is C17H12N2. The van der Waals surface area contributed by atoms with E-state index in [1.807, 2.05) is 36.5 Å². The Morgan fingerprint density at radius 2 is 1.37 bits per heavy atom. The summed E-state index contributed by atoms with van der Waals surface area (Å²) in [5.41, 5.74) is 5.05. The number of hydrogen-bond donors (Lipinski definition) is 1. The van der Waals surface area contributed by atoms with Crippen LogP contribution in [-0.4, -0.2) is 4.98 Å². The molecule has 0 saturated heterocycles. The van der Waals surface area contributed by atoms with Gasteiger partial charge in [0.2, 0.25) is 0 Å². The second-order valence-electron chi connectivity index (χ2n) is 4.34. The van der Waals surface area contributed by atoms with Crippen LogP contribution in [0.1, 0.15) is 5.56 Å². The smallest absolute Gasteiger partial charge is 0.101 e. The predicted molar refractivity (Wildman–Crippen MR) is 76.4 cm³/mol. The minimum atomic E-state index is 0.674. The largest absolute Gasteiger partial charge is 0.366 e. The van der Waals surface area contributed by atoms with Crippen LogP contribution in [0.3, 0.4) is 0 Å². The van der Waals surface area contributed by atoms with Gasteiger partial charge >= 0.3 is 0 Å². The van der Waals surface area contributed by atoms with Crippen molar-refractivity contribution in [3.05, 3.63) is 72.6 Å². The number of aromatic nitrogens is 1. The Hall–Kier alpha value is -2.79. The summed E-state index contributed by atoms with van der Waals surface area (Å²) in [5, 5.41) is 9.03. The van der Waals surface area contributed by atoms with Crippen LogP contribution in [0.25, 0.3) is 22.3 Å². The summed E-state index contributed by atoms with van der Waals surface area (Å²) in [4.78, 5) is 2.97. The highest BCUT2D eigenvalue weighted by atomic mass is 14.6. The van der Waals surface area contributed by atoms with Crippen molar-refractivity contribution in [2.24, 2.45) is 0 Å². The minimum absolute atomic E-state index is 0.674. The first-order valence-corrected chi connectivity index (χ1v) is 6.11. The molecule has 0 aliphatic carbocycles. The fraction of sp³-hybridized carbons (Fsp3) is 0. The standard InChI is InChI=1S/C17H12N2/c18-10-16-11-19-12-17(16)15-8-6-14(7-9-15)13-4-2-1-3-5-13/h1-9,11-12,19H. The summed E-state index contributed by atoms with van der Waals surface area (Å²) in [7, 11) is 0. The Morgan fingerprint density at radius 3 is 2.05 bits per heavy atom. The Morgan fingerprint density at radius 1 is 0.737 bits per heavy atom. The Balaban J connectivity index is 1.98. The summed E-state index contributed by atoms with van der Waals surface area (Å²) >= 11 is 0. The Labute approximate surface area is 112 Å². The van der Waals surface area contributed by atoms with Crippen LogP contribution in [-0.2, 0) is 0 Å². The van der Waals surface area contributed by atoms with Crippen LogP contribution >= 0.6 is 0 Å². The van der Waals surface area contributed by atoms with E-state index in [1.54, 1.807) is 6.20 Å². The van der Waals surface area contributed by atoms with E-state index < -0.39 is 0 Å². The number of rotatable bonds is 2. The summed E-state index contributed by atoms with van der Waals surface area (Å²) in [6.45, 7) is 0. The quantitative estimate of drug-likeness (QED) is 0.720. The van der Waals surface area contributed by atoms with Crippen molar-refractivity contribution in [1.29, 1.82) is 5.26 Å². The molecule has 0 bridgehead atoms. The number of H-pyrrole nitrogens is 1. The maximum Gasteiger partial charge on any atom is 0.101 e. The van der Waals surface area contributed by atoms with E-state index in [0.29, 0.717) is 5.56 Å². The zero-order valence-electron chi connectivity index (χ0n) is 10.3. The maximum absolute atomic E-state index is 9.03. The van der Waals surface area contributed by atoms with Crippen molar-refractivity contribution < 1.29 is 0 Å². The Kier molecular flexibility index (Phi) is 2.88. The third-order valence-electron chi connectivity index (χ3n) is 3.17. The van der Waals surface area contributed by atoms with Gasteiger partial charge in [0.15, 0.2) is 0 Å². The van der Waals surface area contributed by atoms with E-state index in [4.69, 9.17) is 5.26 Å². The lowest BCUT2D eigenvalue weighted by molar-refractivity contribution is 1.40. The first-order chi connectivity index (χ1) is 9.38. The van der Waals surface area contributed by atoms with Crippen LogP contribution in [0.15, 0.2) is 67.0 Å². The lowest BCUT2D eigenvalue weighted by Gasteiger charge is -2.03. The van der Waals surface area contributed by atoms with Gasteiger partial charge in [-0.25, -0.2) is 0 Å². The molecule has 0 atom stereocenters. The highest BCUT2D eigenvalue weighted by Gasteiger charge is 2.05. The first kappa shape index (κ1) is 11.3. The summed E-state index contributed by atoms with van der Waals surface area (Å²) in [6, 6.07) is 20.7. The van der Waals surface area contributed by atoms with Crippen LogP contribution in [0.5, 0.6) is 0 Å². The molecule has 0 fully saturated rings. The topological polar surface area (TPSA) is 39.6 Å². The fourth-order valence-electron chi connectivity index (χ4n) is 2.17. The van der Waals surface area contributed by atoms with Gasteiger partial charge in [-0.1, -0.05) is 54.6 Å². The zero-order chi connectivity index (χ0) is 13.1. The molecule has 90 valence electrons. The summed E-state index contributed by atoms with van der Waals surface area (Å²) < 4.78 is 0. The molecule has 0 radical (unpaired) electrons. The second-order valence-corrected chi connectivity index (χ2v) is 4.34. The molecular weight excluding hydrogens is 232 g/mol. The van der Waals surface area contributed by atoms with Gasteiger partial charge in [-0.3, -0.25) is 0 Å². The van der Waals surface area contributed by atoms with Crippen LogP contribution in [0, 0.1) is 11.3 Å². The van der Waals surface area contributed by atoms with Crippen molar-refractivity contribution in [1.82, 2.24) is 4.98 Å². The predicted octanol–water partition coefficient (Wildman–Crippen LogP) is 4.22. The number of nitrogens with one attached hydrogen (secondary N) is 1. The molecule has 0 aliphatic rings. The molecule has 1 heterocycles. The summed E-state index contributed by atoms with van der Waals surface area (Å²) in [6.07, 6.45) is 3.58. The summed E-state index contributed by atoms with van der Waals surface area (Å²) in [5.74, 6) is 0. The minimum Gasteiger partial charge on any atom is -0.366 e. The van der Waals surface area contributed by atoms with Gasteiger partial charge in [-0.15, -0.1) is 0 Å². The van der Waals surface area contributed by atoms with E-state index >= 15 is 0 Å². The highest BCUT2D eigenvalue weighted by molar-refractivity contribution is 5.73. The van der Waals surface area contributed by atoms with Crippen molar-refractivity contribution in [2.45, 2.75) is 0 Å². The van der Waals surface area contributed by atoms with Crippen molar-refractivity contribution in [3.8, 4) is 28.3 Å². The molecule has 0 amide bonds. The van der Waals surface area contributed by atoms with E-state index in [9.17, 15) is 0 Å². The molecule has 0 aliphatic heterocycles. The maximum atomic E-state index is 9.03. The molecule has 0 spiro atoms. The zero-order valence-corrected chi connectivity index (χ0v) is 10.3. The molecule has 1 aromatic heterocycles. The van der Waals surface area contributed by atoms with E-state index in [-0.39, 0.29) is 0 Å². The van der Waals surface area contributed by atoms with Crippen LogP contribution < -0.4 is 0 Å². The average molecular weight is 244 g/mol. The van der Waals surface area contributed by atoms with Crippen molar-refractivity contribution >= 4 is 0 Å². The average Bonchev–Trinajstić information content (AvgIpc) is 2.97. The molecule has 3 aromatic rings. The lowest BCUT2D eigenvalue weighted by Crippen LogP contribution is -1.80. The molecule has 2 aromatic carbocycles. The number of hydrogen-bond acceptors (Lipinski definition) is 1. The van der Waals surface area contributed by atoms with Crippen LogP contribution in [0.2, 0.25) is 0 Å². The molecule has 2 heteroatoms. The number of nitrogens with zero attached hydrogens (tertiary/aromatic N) is 1. The van der Waals surface area contributed by atoms with Gasteiger partial charge in [-0.05, 0) is 16.7 Å². The highest BCUT2D eigenvalue weighted by Crippen LogP contribution is 2.26. The normalized spacial score (nSPS) is 10.1. The van der Waals surface area contributed by atoms with Gasteiger partial charge in [-0.2, -0.15) is 5.26 Å². The van der Waals surface area contributed by atoms with E-state index in [0.717, 1.165) is 11.1 Å². The molecule has 19 heavy (non-hydrogen) atoms. The first-order valence-electron chi connectivity index (χ1n) is 6.11. The Bertz CT molecular complexity index is 716. The number of benzene rings is 2. The third kappa shape index (κ3) is 2.14. The number of nitriles is 1. The lowest BCUT2D eigenvalue weighted by atomic mass is 10.0. The number of aromatic amines is 1. The van der Waals surface area contributed by atoms with Crippen LogP contribution in [0.4, 0.5) is 0 Å².